The van der Waals surface area contributed by atoms with Crippen molar-refractivity contribution in [3.8, 4) is 0 Å². The molecule has 0 aliphatic rings. The van der Waals surface area contributed by atoms with E-state index in [4.69, 9.17) is 0 Å². The molecule has 0 saturated carbocycles. The average molecular weight is 219 g/mol. The van der Waals surface area contributed by atoms with Crippen LogP contribution in [0.2, 0.25) is 0 Å². The number of pyridine rings is 1. The summed E-state index contributed by atoms with van der Waals surface area (Å²) in [5.41, 5.74) is 0.955. The second-order valence-electron chi connectivity index (χ2n) is 2.47. The first-order valence-corrected chi connectivity index (χ1v) is 5.29. The van der Waals surface area contributed by atoms with Crippen molar-refractivity contribution in [1.82, 2.24) is 4.98 Å². The minimum absolute atomic E-state index is 0.909. The molecule has 0 saturated heterocycles. The summed E-state index contributed by atoms with van der Waals surface area (Å²) in [6.45, 7) is 0. The van der Waals surface area contributed by atoms with Crippen LogP contribution >= 0.6 is 0 Å². The van der Waals surface area contributed by atoms with Crippen LogP contribution in [0.15, 0.2) is 36.5 Å². The minimum atomic E-state index is -0.913. The number of hydrogen-bond donors (Lipinski definition) is 0. The fraction of sp³-hybridized carbons (Fsp3) is 0. The number of rotatable bonds is 1. The molecule has 0 spiro atoms. The zero-order chi connectivity index (χ0) is 8.39. The van der Waals surface area contributed by atoms with Gasteiger partial charge in [0.05, 0.1) is 0 Å². The SMILES string of the molecule is O=[As]c1ccc2ncccc2c1. The topological polar surface area (TPSA) is 30.0 Å². The van der Waals surface area contributed by atoms with Crippen molar-refractivity contribution in [2.24, 2.45) is 0 Å². The van der Waals surface area contributed by atoms with E-state index in [2.05, 4.69) is 4.98 Å². The van der Waals surface area contributed by atoms with Crippen LogP contribution < -0.4 is 4.35 Å². The third-order valence-corrected chi connectivity index (χ3v) is 2.72. The van der Waals surface area contributed by atoms with Crippen molar-refractivity contribution in [3.05, 3.63) is 36.5 Å². The number of fused-ring (bicyclic) bond motifs is 1. The molecule has 0 aliphatic heterocycles. The summed E-state index contributed by atoms with van der Waals surface area (Å²) in [6.07, 6.45) is 1.76. The van der Waals surface area contributed by atoms with Gasteiger partial charge < -0.3 is 0 Å². The molecule has 2 aromatic rings. The molecule has 0 fully saturated rings. The van der Waals surface area contributed by atoms with E-state index in [1.54, 1.807) is 6.20 Å². The van der Waals surface area contributed by atoms with Crippen LogP contribution in [-0.4, -0.2) is 20.7 Å². The van der Waals surface area contributed by atoms with E-state index in [-0.39, 0.29) is 0 Å². The van der Waals surface area contributed by atoms with Crippen molar-refractivity contribution in [3.63, 3.8) is 0 Å². The Hall–Kier alpha value is -1.01. The summed E-state index contributed by atoms with van der Waals surface area (Å²) >= 11 is -0.913. The molecule has 0 aliphatic carbocycles. The maximum atomic E-state index is 10.6. The van der Waals surface area contributed by atoms with E-state index in [1.165, 1.54) is 0 Å². The molecule has 0 bridgehead atoms. The Kier molecular flexibility index (Phi) is 2.01. The number of nitrogens with zero attached hydrogens (tertiary/aromatic N) is 1. The van der Waals surface area contributed by atoms with Crippen LogP contribution in [0.1, 0.15) is 0 Å². The summed E-state index contributed by atoms with van der Waals surface area (Å²) in [7, 11) is 0. The Labute approximate surface area is 76.5 Å². The fourth-order valence-corrected chi connectivity index (χ4v) is 1.81. The van der Waals surface area contributed by atoms with Gasteiger partial charge in [-0.15, -0.1) is 0 Å². The number of benzene rings is 1. The Morgan fingerprint density at radius 3 is 3.00 bits per heavy atom. The normalized spacial score (nSPS) is 10.7. The summed E-state index contributed by atoms with van der Waals surface area (Å²) in [6, 6.07) is 9.55. The molecule has 0 amide bonds. The summed E-state index contributed by atoms with van der Waals surface area (Å²) in [4.78, 5) is 4.16. The monoisotopic (exact) mass is 219 g/mol. The molecule has 0 atom stereocenters. The summed E-state index contributed by atoms with van der Waals surface area (Å²) in [5.74, 6) is 0. The van der Waals surface area contributed by atoms with Crippen molar-refractivity contribution >= 4 is 30.9 Å². The summed E-state index contributed by atoms with van der Waals surface area (Å²) < 4.78 is 11.6. The first-order chi connectivity index (χ1) is 5.90. The first kappa shape index (κ1) is 7.63. The van der Waals surface area contributed by atoms with Crippen molar-refractivity contribution in [1.29, 1.82) is 0 Å². The third kappa shape index (κ3) is 1.30. The van der Waals surface area contributed by atoms with Gasteiger partial charge in [-0.3, -0.25) is 0 Å². The molecule has 1 aromatic carbocycles. The molecular weight excluding hydrogens is 213 g/mol. The fourth-order valence-electron chi connectivity index (χ4n) is 1.12. The molecular formula is C9H6AsNO. The first-order valence-electron chi connectivity index (χ1n) is 3.58. The maximum absolute atomic E-state index is 10.6. The van der Waals surface area contributed by atoms with Gasteiger partial charge in [-0.2, -0.15) is 0 Å². The van der Waals surface area contributed by atoms with Crippen LogP contribution in [0.4, 0.5) is 0 Å². The van der Waals surface area contributed by atoms with Crippen molar-refractivity contribution in [2.45, 2.75) is 0 Å². The molecule has 1 aromatic heterocycles. The van der Waals surface area contributed by atoms with Crippen LogP contribution in [0.25, 0.3) is 10.9 Å². The van der Waals surface area contributed by atoms with Gasteiger partial charge in [-0.1, -0.05) is 0 Å². The van der Waals surface area contributed by atoms with E-state index in [1.807, 2.05) is 30.3 Å². The molecule has 0 unspecified atom stereocenters. The Morgan fingerprint density at radius 2 is 2.17 bits per heavy atom. The van der Waals surface area contributed by atoms with Gasteiger partial charge in [0.2, 0.25) is 0 Å². The molecule has 0 radical (unpaired) electrons. The molecule has 12 heavy (non-hydrogen) atoms. The predicted octanol–water partition coefficient (Wildman–Crippen LogP) is 0.910. The second-order valence-corrected chi connectivity index (χ2v) is 3.94. The second kappa shape index (κ2) is 3.16. The molecule has 58 valence electrons. The van der Waals surface area contributed by atoms with E-state index in [9.17, 15) is 3.74 Å². The average Bonchev–Trinajstić information content (AvgIpc) is 2.17. The van der Waals surface area contributed by atoms with Gasteiger partial charge in [0.15, 0.2) is 0 Å². The van der Waals surface area contributed by atoms with Crippen molar-refractivity contribution in [2.75, 3.05) is 0 Å². The quantitative estimate of drug-likeness (QED) is 0.667. The van der Waals surface area contributed by atoms with Crippen LogP contribution in [0, 0.1) is 0 Å². The van der Waals surface area contributed by atoms with Crippen molar-refractivity contribution < 1.29 is 3.74 Å². The molecule has 0 N–H and O–H groups in total. The third-order valence-electron chi connectivity index (χ3n) is 1.69. The zero-order valence-corrected chi connectivity index (χ0v) is 8.14. The summed E-state index contributed by atoms with van der Waals surface area (Å²) in [5, 5.41) is 1.06. The standard InChI is InChI=1S/C9H6AsNO/c12-10-8-3-4-9-7(6-8)2-1-5-11-9/h1-6H. The Morgan fingerprint density at radius 1 is 1.25 bits per heavy atom. The zero-order valence-electron chi connectivity index (χ0n) is 6.27. The van der Waals surface area contributed by atoms with Gasteiger partial charge in [0.1, 0.15) is 0 Å². The predicted molar refractivity (Wildman–Crippen MR) is 47.8 cm³/mol. The van der Waals surface area contributed by atoms with E-state index >= 15 is 0 Å². The number of aromatic nitrogens is 1. The van der Waals surface area contributed by atoms with Gasteiger partial charge in [-0.05, 0) is 0 Å². The molecule has 1 heterocycles. The van der Waals surface area contributed by atoms with E-state index in [0.29, 0.717) is 0 Å². The van der Waals surface area contributed by atoms with Crippen LogP contribution in [0.5, 0.6) is 0 Å². The molecule has 2 nitrogen and oxygen atoms in total. The van der Waals surface area contributed by atoms with Crippen LogP contribution in [0.3, 0.4) is 0 Å². The Balaban J connectivity index is 2.75. The van der Waals surface area contributed by atoms with Gasteiger partial charge >= 0.3 is 76.2 Å². The van der Waals surface area contributed by atoms with Gasteiger partial charge in [0.25, 0.3) is 0 Å². The molecule has 3 heteroatoms. The van der Waals surface area contributed by atoms with E-state index in [0.717, 1.165) is 15.3 Å². The Bertz CT molecular complexity index is 428. The van der Waals surface area contributed by atoms with Gasteiger partial charge in [0, 0.05) is 0 Å². The van der Waals surface area contributed by atoms with Crippen LogP contribution in [-0.2, 0) is 3.74 Å². The van der Waals surface area contributed by atoms with Gasteiger partial charge in [-0.25, -0.2) is 0 Å². The molecule has 2 rings (SSSR count). The van der Waals surface area contributed by atoms with E-state index < -0.39 is 15.7 Å². The number of hydrogen-bond acceptors (Lipinski definition) is 2.